The number of benzene rings is 1. The van der Waals surface area contributed by atoms with Crippen LogP contribution in [-0.4, -0.2) is 41.4 Å². The van der Waals surface area contributed by atoms with Gasteiger partial charge in [-0.15, -0.1) is 0 Å². The minimum absolute atomic E-state index is 0.183. The van der Waals surface area contributed by atoms with Gasteiger partial charge in [0.1, 0.15) is 5.82 Å². The predicted octanol–water partition coefficient (Wildman–Crippen LogP) is 2.94. The van der Waals surface area contributed by atoms with Crippen molar-refractivity contribution >= 4 is 0 Å². The average molecular weight is 317 g/mol. The van der Waals surface area contributed by atoms with Crippen molar-refractivity contribution in [2.45, 2.75) is 32.4 Å². The minimum atomic E-state index is -0.183. The van der Waals surface area contributed by atoms with E-state index < -0.39 is 0 Å². The predicted molar refractivity (Wildman–Crippen MR) is 87.6 cm³/mol. The Morgan fingerprint density at radius 1 is 1.35 bits per heavy atom. The molecule has 0 aliphatic carbocycles. The number of nitrogens with one attached hydrogen (secondary N) is 1. The van der Waals surface area contributed by atoms with Gasteiger partial charge in [-0.05, 0) is 37.5 Å². The molecule has 23 heavy (non-hydrogen) atoms. The van der Waals surface area contributed by atoms with E-state index in [0.717, 1.165) is 38.2 Å². The van der Waals surface area contributed by atoms with E-state index >= 15 is 0 Å². The molecule has 1 aliphatic heterocycles. The van der Waals surface area contributed by atoms with E-state index in [4.69, 9.17) is 4.74 Å². The number of nitrogens with zero attached hydrogens (tertiary/aromatic N) is 2. The Bertz CT molecular complexity index is 625. The molecule has 0 saturated carbocycles. The molecule has 124 valence electrons. The fraction of sp³-hybridized carbons (Fsp3) is 0.500. The van der Waals surface area contributed by atoms with Crippen molar-refractivity contribution in [2.24, 2.45) is 5.92 Å². The first kappa shape index (κ1) is 16.1. The third-order valence-corrected chi connectivity index (χ3v) is 4.79. The number of methoxy groups -OCH3 is 1. The van der Waals surface area contributed by atoms with Gasteiger partial charge in [-0.3, -0.25) is 10.00 Å². The van der Waals surface area contributed by atoms with E-state index in [1.807, 2.05) is 18.3 Å². The monoisotopic (exact) mass is 317 g/mol. The van der Waals surface area contributed by atoms with Gasteiger partial charge in [0.25, 0.3) is 0 Å². The smallest absolute Gasteiger partial charge is 0.123 e. The fourth-order valence-corrected chi connectivity index (χ4v) is 3.44. The second kappa shape index (κ2) is 7.23. The van der Waals surface area contributed by atoms with Crippen molar-refractivity contribution in [3.8, 4) is 0 Å². The number of aromatic amines is 1. The first-order valence-electron chi connectivity index (χ1n) is 8.14. The SMILES string of the molecule is CO[C@@H]1CCN(Cc2cn[nH]c2C)C[C@H]1Cc1ccc(F)cc1. The summed E-state index contributed by atoms with van der Waals surface area (Å²) in [6, 6.07) is 6.82. The number of halogens is 1. The van der Waals surface area contributed by atoms with Gasteiger partial charge in [0.05, 0.1) is 12.3 Å². The van der Waals surface area contributed by atoms with Crippen LogP contribution < -0.4 is 0 Å². The molecule has 1 saturated heterocycles. The van der Waals surface area contributed by atoms with Crippen LogP contribution in [0.2, 0.25) is 0 Å². The molecular formula is C18H24FN3O. The molecule has 3 rings (SSSR count). The third-order valence-electron chi connectivity index (χ3n) is 4.79. The summed E-state index contributed by atoms with van der Waals surface area (Å²) in [7, 11) is 1.79. The Balaban J connectivity index is 1.66. The van der Waals surface area contributed by atoms with Gasteiger partial charge < -0.3 is 4.74 Å². The molecule has 1 aliphatic rings. The number of aryl methyl sites for hydroxylation is 1. The largest absolute Gasteiger partial charge is 0.381 e. The molecule has 0 amide bonds. The van der Waals surface area contributed by atoms with Gasteiger partial charge in [-0.2, -0.15) is 5.10 Å². The number of ether oxygens (including phenoxy) is 1. The molecule has 1 aromatic heterocycles. The van der Waals surface area contributed by atoms with E-state index in [1.54, 1.807) is 7.11 Å². The molecule has 2 aromatic rings. The summed E-state index contributed by atoms with van der Waals surface area (Å²) in [5.41, 5.74) is 3.55. The summed E-state index contributed by atoms with van der Waals surface area (Å²) in [6.07, 6.45) is 4.12. The molecule has 0 radical (unpaired) electrons. The van der Waals surface area contributed by atoms with Crippen molar-refractivity contribution in [3.63, 3.8) is 0 Å². The van der Waals surface area contributed by atoms with Crippen molar-refractivity contribution in [2.75, 3.05) is 20.2 Å². The van der Waals surface area contributed by atoms with E-state index in [-0.39, 0.29) is 11.9 Å². The van der Waals surface area contributed by atoms with Crippen LogP contribution in [0.15, 0.2) is 30.5 Å². The van der Waals surface area contributed by atoms with Crippen molar-refractivity contribution in [1.82, 2.24) is 15.1 Å². The second-order valence-electron chi connectivity index (χ2n) is 6.41. The van der Waals surface area contributed by atoms with Crippen LogP contribution >= 0.6 is 0 Å². The third kappa shape index (κ3) is 3.98. The van der Waals surface area contributed by atoms with E-state index in [2.05, 4.69) is 22.0 Å². The molecule has 2 heterocycles. The summed E-state index contributed by atoms with van der Waals surface area (Å²) < 4.78 is 18.8. The maximum Gasteiger partial charge on any atom is 0.123 e. The molecule has 0 bridgehead atoms. The maximum absolute atomic E-state index is 13.1. The van der Waals surface area contributed by atoms with Gasteiger partial charge in [-0.1, -0.05) is 12.1 Å². The lowest BCUT2D eigenvalue weighted by Crippen LogP contribution is -2.44. The lowest BCUT2D eigenvalue weighted by atomic mass is 9.88. The zero-order valence-electron chi connectivity index (χ0n) is 13.8. The Labute approximate surface area is 136 Å². The van der Waals surface area contributed by atoms with Crippen LogP contribution in [0.3, 0.4) is 0 Å². The van der Waals surface area contributed by atoms with Crippen molar-refractivity contribution in [3.05, 3.63) is 53.1 Å². The molecule has 1 aromatic carbocycles. The highest BCUT2D eigenvalue weighted by molar-refractivity contribution is 5.18. The van der Waals surface area contributed by atoms with Gasteiger partial charge in [0.2, 0.25) is 0 Å². The number of aromatic nitrogens is 2. The number of rotatable bonds is 5. The topological polar surface area (TPSA) is 41.1 Å². The average Bonchev–Trinajstić information content (AvgIpc) is 2.95. The molecule has 5 heteroatoms. The van der Waals surface area contributed by atoms with Gasteiger partial charge in [0.15, 0.2) is 0 Å². The normalized spacial score (nSPS) is 22.4. The molecule has 1 N–H and O–H groups in total. The van der Waals surface area contributed by atoms with Crippen molar-refractivity contribution in [1.29, 1.82) is 0 Å². The highest BCUT2D eigenvalue weighted by Gasteiger charge is 2.29. The first-order valence-corrected chi connectivity index (χ1v) is 8.14. The summed E-state index contributed by atoms with van der Waals surface area (Å²) in [6.45, 7) is 4.99. The van der Waals surface area contributed by atoms with Crippen LogP contribution in [0.1, 0.15) is 23.2 Å². The van der Waals surface area contributed by atoms with Crippen LogP contribution in [0.5, 0.6) is 0 Å². The van der Waals surface area contributed by atoms with Gasteiger partial charge >= 0.3 is 0 Å². The number of likely N-dealkylation sites (tertiary alicyclic amines) is 1. The van der Waals surface area contributed by atoms with E-state index in [9.17, 15) is 4.39 Å². The zero-order chi connectivity index (χ0) is 16.2. The number of H-pyrrole nitrogens is 1. The quantitative estimate of drug-likeness (QED) is 0.922. The highest BCUT2D eigenvalue weighted by Crippen LogP contribution is 2.25. The summed E-state index contributed by atoms with van der Waals surface area (Å²) in [5.74, 6) is 0.240. The summed E-state index contributed by atoms with van der Waals surface area (Å²) >= 11 is 0. The van der Waals surface area contributed by atoms with Crippen LogP contribution in [0.4, 0.5) is 4.39 Å². The van der Waals surface area contributed by atoms with Crippen molar-refractivity contribution < 1.29 is 9.13 Å². The second-order valence-corrected chi connectivity index (χ2v) is 6.41. The molecule has 0 unspecified atom stereocenters. The maximum atomic E-state index is 13.1. The Morgan fingerprint density at radius 2 is 2.13 bits per heavy atom. The summed E-state index contributed by atoms with van der Waals surface area (Å²) in [5, 5.41) is 7.10. The number of hydrogen-bond donors (Lipinski definition) is 1. The summed E-state index contributed by atoms with van der Waals surface area (Å²) in [4.78, 5) is 2.46. The lowest BCUT2D eigenvalue weighted by Gasteiger charge is -2.38. The molecule has 0 spiro atoms. The first-order chi connectivity index (χ1) is 11.2. The molecule has 2 atom stereocenters. The van der Waals surface area contributed by atoms with Gasteiger partial charge in [0, 0.05) is 43.9 Å². The zero-order valence-corrected chi connectivity index (χ0v) is 13.8. The molecule has 4 nitrogen and oxygen atoms in total. The van der Waals surface area contributed by atoms with Crippen LogP contribution in [0.25, 0.3) is 0 Å². The molecular weight excluding hydrogens is 293 g/mol. The van der Waals surface area contributed by atoms with E-state index in [1.165, 1.54) is 23.3 Å². The lowest BCUT2D eigenvalue weighted by molar-refractivity contribution is -0.00852. The molecule has 1 fully saturated rings. The fourth-order valence-electron chi connectivity index (χ4n) is 3.44. The van der Waals surface area contributed by atoms with Gasteiger partial charge in [-0.25, -0.2) is 4.39 Å². The van der Waals surface area contributed by atoms with Crippen LogP contribution in [0, 0.1) is 18.7 Å². The minimum Gasteiger partial charge on any atom is -0.381 e. The number of piperidine rings is 1. The standard InChI is InChI=1S/C18H24FN3O/c1-13-16(10-20-21-13)12-22-8-7-18(23-2)15(11-22)9-14-3-5-17(19)6-4-14/h3-6,10,15,18H,7-9,11-12H2,1-2H3,(H,20,21)/t15-,18-/m1/s1. The Hall–Kier alpha value is -1.72. The van der Waals surface area contributed by atoms with E-state index in [0.29, 0.717) is 5.92 Å². The number of hydrogen-bond acceptors (Lipinski definition) is 3. The Kier molecular flexibility index (Phi) is 5.08. The van der Waals surface area contributed by atoms with Crippen LogP contribution in [-0.2, 0) is 17.7 Å². The Morgan fingerprint density at radius 3 is 2.78 bits per heavy atom. The highest BCUT2D eigenvalue weighted by atomic mass is 19.1.